The van der Waals surface area contributed by atoms with Gasteiger partial charge in [0.15, 0.2) is 12.6 Å². The van der Waals surface area contributed by atoms with Crippen LogP contribution < -0.4 is 15.4 Å². The number of methoxy groups -OCH3 is 1. The minimum atomic E-state index is 0.138. The third-order valence-electron chi connectivity index (χ3n) is 5.19. The number of benzene rings is 1. The highest BCUT2D eigenvalue weighted by molar-refractivity contribution is 5.76. The Kier molecular flexibility index (Phi) is 4.35. The molecule has 2 fully saturated rings. The summed E-state index contributed by atoms with van der Waals surface area (Å²) in [6, 6.07) is 9.58. The van der Waals surface area contributed by atoms with Gasteiger partial charge in [0.05, 0.1) is 11.4 Å². The van der Waals surface area contributed by atoms with E-state index < -0.39 is 0 Å². The van der Waals surface area contributed by atoms with Gasteiger partial charge in [-0.1, -0.05) is 12.1 Å². The van der Waals surface area contributed by atoms with Gasteiger partial charge in [0.1, 0.15) is 5.75 Å². The molecule has 0 bridgehead atoms. The highest BCUT2D eigenvalue weighted by Crippen LogP contribution is 2.43. The van der Waals surface area contributed by atoms with Crippen LogP contribution in [0.4, 0.5) is 11.5 Å². The van der Waals surface area contributed by atoms with E-state index in [0.717, 1.165) is 37.4 Å². The zero-order chi connectivity index (χ0) is 19.0. The van der Waals surface area contributed by atoms with Crippen LogP contribution in [0.3, 0.4) is 0 Å². The second-order valence-corrected chi connectivity index (χ2v) is 7.28. The number of hydrogen-bond acceptors (Lipinski definition) is 7. The van der Waals surface area contributed by atoms with Gasteiger partial charge in [0.2, 0.25) is 5.91 Å². The number of carbonyl (C=O) groups excluding carboxylic acids is 1. The molecule has 8 heteroatoms. The smallest absolute Gasteiger partial charge is 0.219 e. The molecule has 1 amide bonds. The van der Waals surface area contributed by atoms with E-state index in [-0.39, 0.29) is 18.1 Å². The molecule has 1 aromatic heterocycles. The third kappa shape index (κ3) is 3.16. The van der Waals surface area contributed by atoms with Crippen LogP contribution in [0.15, 0.2) is 30.3 Å². The van der Waals surface area contributed by atoms with Crippen molar-refractivity contribution in [1.29, 1.82) is 0 Å². The van der Waals surface area contributed by atoms with Crippen LogP contribution in [-0.2, 0) is 9.53 Å². The van der Waals surface area contributed by atoms with Gasteiger partial charge in [-0.05, 0) is 18.2 Å². The molecular weight excluding hydrogens is 346 g/mol. The number of anilines is 2. The standard InChI is InChI=1S/C19H23N5O3/c1-13(25)23-8-19(9-23)10-24(11-19)16-7-15(21-22-18(16)20)14-5-3-4-6-17(14)27-12-26-2/h3-7H,8-12H2,1-2H3,(H2,20,22). The first kappa shape index (κ1) is 17.5. The summed E-state index contributed by atoms with van der Waals surface area (Å²) in [6.45, 7) is 5.15. The number of aromatic nitrogens is 2. The van der Waals surface area contributed by atoms with E-state index in [2.05, 4.69) is 15.1 Å². The Labute approximate surface area is 157 Å². The lowest BCUT2D eigenvalue weighted by Crippen LogP contribution is -2.73. The van der Waals surface area contributed by atoms with Crippen molar-refractivity contribution >= 4 is 17.4 Å². The molecule has 2 aliphatic rings. The Hall–Kier alpha value is -2.87. The first-order valence-electron chi connectivity index (χ1n) is 8.86. The number of hydrogen-bond donors (Lipinski definition) is 1. The normalized spacial score (nSPS) is 17.4. The molecule has 1 aromatic carbocycles. The Morgan fingerprint density at radius 2 is 1.96 bits per heavy atom. The number of para-hydroxylation sites is 1. The predicted octanol–water partition coefficient (Wildman–Crippen LogP) is 1.38. The predicted molar refractivity (Wildman–Crippen MR) is 101 cm³/mol. The zero-order valence-corrected chi connectivity index (χ0v) is 15.5. The lowest BCUT2D eigenvalue weighted by atomic mass is 9.72. The molecular formula is C19H23N5O3. The van der Waals surface area contributed by atoms with Gasteiger partial charge < -0.3 is 25.0 Å². The highest BCUT2D eigenvalue weighted by atomic mass is 16.7. The third-order valence-corrected chi connectivity index (χ3v) is 5.19. The van der Waals surface area contributed by atoms with Crippen molar-refractivity contribution in [2.45, 2.75) is 6.92 Å². The van der Waals surface area contributed by atoms with Crippen molar-refractivity contribution in [2.75, 3.05) is 50.7 Å². The Morgan fingerprint density at radius 3 is 2.67 bits per heavy atom. The number of amides is 1. The van der Waals surface area contributed by atoms with E-state index in [0.29, 0.717) is 17.3 Å². The minimum Gasteiger partial charge on any atom is -0.467 e. The van der Waals surface area contributed by atoms with Gasteiger partial charge in [-0.15, -0.1) is 10.2 Å². The van der Waals surface area contributed by atoms with Crippen LogP contribution in [0, 0.1) is 5.41 Å². The average molecular weight is 369 g/mol. The van der Waals surface area contributed by atoms with Crippen LogP contribution in [0.1, 0.15) is 6.92 Å². The molecule has 0 saturated carbocycles. The summed E-state index contributed by atoms with van der Waals surface area (Å²) in [7, 11) is 1.58. The fourth-order valence-electron chi connectivity index (χ4n) is 3.82. The summed E-state index contributed by atoms with van der Waals surface area (Å²) < 4.78 is 10.6. The van der Waals surface area contributed by atoms with Crippen molar-refractivity contribution in [3.05, 3.63) is 30.3 Å². The van der Waals surface area contributed by atoms with Crippen LogP contribution in [0.5, 0.6) is 5.75 Å². The van der Waals surface area contributed by atoms with Gasteiger partial charge in [-0.2, -0.15) is 0 Å². The first-order valence-corrected chi connectivity index (χ1v) is 8.86. The second kappa shape index (κ2) is 6.70. The molecule has 0 aliphatic carbocycles. The minimum absolute atomic E-state index is 0.138. The number of nitrogen functional groups attached to an aromatic ring is 1. The summed E-state index contributed by atoms with van der Waals surface area (Å²) in [4.78, 5) is 15.5. The Balaban J connectivity index is 1.53. The van der Waals surface area contributed by atoms with Crippen LogP contribution in [-0.4, -0.2) is 61.1 Å². The topological polar surface area (TPSA) is 93.8 Å². The molecule has 0 unspecified atom stereocenters. The quantitative estimate of drug-likeness (QED) is 0.796. The average Bonchev–Trinajstić information content (AvgIpc) is 2.59. The molecule has 3 heterocycles. The number of carbonyl (C=O) groups is 1. The van der Waals surface area contributed by atoms with E-state index in [4.69, 9.17) is 15.2 Å². The second-order valence-electron chi connectivity index (χ2n) is 7.28. The molecule has 8 nitrogen and oxygen atoms in total. The molecule has 4 rings (SSSR count). The number of nitrogens with zero attached hydrogens (tertiary/aromatic N) is 4. The lowest BCUT2D eigenvalue weighted by molar-refractivity contribution is -0.142. The molecule has 0 radical (unpaired) electrons. The van der Waals surface area contributed by atoms with E-state index in [1.165, 1.54) is 0 Å². The van der Waals surface area contributed by atoms with Gasteiger partial charge in [-0.25, -0.2) is 0 Å². The highest BCUT2D eigenvalue weighted by Gasteiger charge is 2.53. The zero-order valence-electron chi connectivity index (χ0n) is 15.5. The number of rotatable bonds is 5. The van der Waals surface area contributed by atoms with Crippen LogP contribution in [0.25, 0.3) is 11.3 Å². The van der Waals surface area contributed by atoms with Gasteiger partial charge in [0.25, 0.3) is 0 Å². The van der Waals surface area contributed by atoms with E-state index in [9.17, 15) is 4.79 Å². The summed E-state index contributed by atoms with van der Waals surface area (Å²) in [5.74, 6) is 1.23. The Bertz CT molecular complexity index is 858. The van der Waals surface area contributed by atoms with Crippen molar-refractivity contribution < 1.29 is 14.3 Å². The maximum atomic E-state index is 11.4. The molecule has 0 atom stereocenters. The summed E-state index contributed by atoms with van der Waals surface area (Å²) in [6.07, 6.45) is 0. The monoisotopic (exact) mass is 369 g/mol. The largest absolute Gasteiger partial charge is 0.467 e. The number of ether oxygens (including phenoxy) is 2. The summed E-state index contributed by atoms with van der Waals surface area (Å²) in [5, 5.41) is 8.40. The van der Waals surface area contributed by atoms with Gasteiger partial charge in [-0.3, -0.25) is 4.79 Å². The lowest BCUT2D eigenvalue weighted by Gasteiger charge is -2.60. The number of nitrogens with two attached hydrogens (primary N) is 1. The fraction of sp³-hybridized carbons (Fsp3) is 0.421. The molecule has 2 N–H and O–H groups in total. The summed E-state index contributed by atoms with van der Waals surface area (Å²) >= 11 is 0. The molecule has 2 aromatic rings. The molecule has 1 spiro atoms. The fourth-order valence-corrected chi connectivity index (χ4v) is 3.82. The molecule has 142 valence electrons. The van der Waals surface area contributed by atoms with Crippen molar-refractivity contribution in [3.63, 3.8) is 0 Å². The summed E-state index contributed by atoms with van der Waals surface area (Å²) in [5.41, 5.74) is 8.69. The van der Waals surface area contributed by atoms with Crippen molar-refractivity contribution in [3.8, 4) is 17.0 Å². The van der Waals surface area contributed by atoms with E-state index in [1.54, 1.807) is 14.0 Å². The van der Waals surface area contributed by atoms with Crippen molar-refractivity contribution in [2.24, 2.45) is 5.41 Å². The molecule has 2 saturated heterocycles. The van der Waals surface area contributed by atoms with Gasteiger partial charge in [0, 0.05) is 51.2 Å². The van der Waals surface area contributed by atoms with Crippen molar-refractivity contribution in [1.82, 2.24) is 15.1 Å². The molecule has 2 aliphatic heterocycles. The number of likely N-dealkylation sites (tertiary alicyclic amines) is 1. The maximum absolute atomic E-state index is 11.4. The van der Waals surface area contributed by atoms with E-state index >= 15 is 0 Å². The van der Waals surface area contributed by atoms with Crippen LogP contribution >= 0.6 is 0 Å². The SMILES string of the molecule is COCOc1ccccc1-c1cc(N2CC3(CN(C(C)=O)C3)C2)c(N)nn1. The van der Waals surface area contributed by atoms with Crippen LogP contribution in [0.2, 0.25) is 0 Å². The van der Waals surface area contributed by atoms with Gasteiger partial charge >= 0.3 is 0 Å². The molecule has 27 heavy (non-hydrogen) atoms. The van der Waals surface area contributed by atoms with E-state index in [1.807, 2.05) is 35.2 Å². The first-order chi connectivity index (χ1) is 13.0. The Morgan fingerprint density at radius 1 is 1.22 bits per heavy atom. The maximum Gasteiger partial charge on any atom is 0.219 e.